The summed E-state index contributed by atoms with van der Waals surface area (Å²) in [5.41, 5.74) is 2.88. The first-order valence-corrected chi connectivity index (χ1v) is 9.73. The number of halogens is 1. The van der Waals surface area contributed by atoms with Crippen molar-refractivity contribution in [3.63, 3.8) is 0 Å². The molecular weight excluding hydrogens is 359 g/mol. The Morgan fingerprint density at radius 2 is 2.11 bits per heavy atom. The standard InChI is InChI=1S/C21H27FN4O2/c1-15-12-16(2)26(24-15)11-9-23-21(28)18-6-7-20(27)25(14-18)10-8-17-4-3-5-19(22)13-17/h3-5,12-13,18H,6-11,14H2,1-2H3,(H,23,28)/t18-/m0/s1. The van der Waals surface area contributed by atoms with E-state index >= 15 is 0 Å². The Morgan fingerprint density at radius 3 is 2.82 bits per heavy atom. The van der Waals surface area contributed by atoms with E-state index in [2.05, 4.69) is 10.4 Å². The Kier molecular flexibility index (Phi) is 6.44. The first-order chi connectivity index (χ1) is 13.4. The minimum atomic E-state index is -0.276. The summed E-state index contributed by atoms with van der Waals surface area (Å²) in [4.78, 5) is 26.4. The summed E-state index contributed by atoms with van der Waals surface area (Å²) < 4.78 is 15.2. The van der Waals surface area contributed by atoms with Crippen LogP contribution >= 0.6 is 0 Å². The van der Waals surface area contributed by atoms with Crippen molar-refractivity contribution >= 4 is 11.8 Å². The highest BCUT2D eigenvalue weighted by molar-refractivity contribution is 5.83. The monoisotopic (exact) mass is 386 g/mol. The van der Waals surface area contributed by atoms with E-state index < -0.39 is 0 Å². The number of aryl methyl sites for hydroxylation is 2. The van der Waals surface area contributed by atoms with Gasteiger partial charge in [0.1, 0.15) is 5.82 Å². The van der Waals surface area contributed by atoms with E-state index in [-0.39, 0.29) is 23.5 Å². The van der Waals surface area contributed by atoms with Crippen LogP contribution in [0.1, 0.15) is 29.8 Å². The van der Waals surface area contributed by atoms with Gasteiger partial charge in [0.25, 0.3) is 0 Å². The lowest BCUT2D eigenvalue weighted by molar-refractivity contribution is -0.138. The maximum absolute atomic E-state index is 13.3. The van der Waals surface area contributed by atoms with Crippen molar-refractivity contribution in [2.75, 3.05) is 19.6 Å². The van der Waals surface area contributed by atoms with Crippen LogP contribution in [0.5, 0.6) is 0 Å². The smallest absolute Gasteiger partial charge is 0.224 e. The Labute approximate surface area is 164 Å². The fourth-order valence-corrected chi connectivity index (χ4v) is 3.63. The van der Waals surface area contributed by atoms with Crippen molar-refractivity contribution < 1.29 is 14.0 Å². The molecule has 0 bridgehead atoms. The first kappa shape index (κ1) is 20.0. The van der Waals surface area contributed by atoms with E-state index in [0.29, 0.717) is 45.4 Å². The molecule has 0 spiro atoms. The molecule has 0 radical (unpaired) electrons. The van der Waals surface area contributed by atoms with Crippen LogP contribution in [0.15, 0.2) is 30.3 Å². The van der Waals surface area contributed by atoms with E-state index in [1.165, 1.54) is 12.1 Å². The van der Waals surface area contributed by atoms with Gasteiger partial charge in [-0.1, -0.05) is 12.1 Å². The van der Waals surface area contributed by atoms with Crippen LogP contribution in [0, 0.1) is 25.6 Å². The molecule has 1 aliphatic rings. The van der Waals surface area contributed by atoms with Crippen LogP contribution in [0.4, 0.5) is 4.39 Å². The third kappa shape index (κ3) is 5.18. The number of carbonyl (C=O) groups excluding carboxylic acids is 2. The SMILES string of the molecule is Cc1cc(C)n(CCNC(=O)[C@H]2CCC(=O)N(CCc3cccc(F)c3)C2)n1. The highest BCUT2D eigenvalue weighted by Crippen LogP contribution is 2.18. The lowest BCUT2D eigenvalue weighted by Crippen LogP contribution is -2.46. The molecule has 1 aromatic carbocycles. The van der Waals surface area contributed by atoms with Crippen LogP contribution in [0.3, 0.4) is 0 Å². The van der Waals surface area contributed by atoms with E-state index in [1.807, 2.05) is 30.7 Å². The van der Waals surface area contributed by atoms with Gasteiger partial charge in [-0.05, 0) is 50.5 Å². The van der Waals surface area contributed by atoms with Crippen molar-refractivity contribution in [3.8, 4) is 0 Å². The molecule has 2 amide bonds. The predicted octanol–water partition coefficient (Wildman–Crippen LogP) is 2.24. The first-order valence-electron chi connectivity index (χ1n) is 9.73. The third-order valence-electron chi connectivity index (χ3n) is 5.16. The molecule has 1 fully saturated rings. The Bertz CT molecular complexity index is 849. The molecule has 0 aliphatic carbocycles. The second-order valence-corrected chi connectivity index (χ2v) is 7.40. The van der Waals surface area contributed by atoms with Crippen molar-refractivity contribution in [1.29, 1.82) is 0 Å². The van der Waals surface area contributed by atoms with Gasteiger partial charge in [0, 0.05) is 31.7 Å². The molecule has 3 rings (SSSR count). The number of benzene rings is 1. The number of nitrogens with zero attached hydrogens (tertiary/aromatic N) is 3. The molecule has 7 heteroatoms. The fraction of sp³-hybridized carbons (Fsp3) is 0.476. The molecule has 0 unspecified atom stereocenters. The van der Waals surface area contributed by atoms with Crippen molar-refractivity contribution in [3.05, 3.63) is 53.1 Å². The molecule has 2 aromatic rings. The molecule has 150 valence electrons. The maximum Gasteiger partial charge on any atom is 0.224 e. The minimum Gasteiger partial charge on any atom is -0.354 e. The number of carbonyl (C=O) groups is 2. The molecule has 1 aliphatic heterocycles. The summed E-state index contributed by atoms with van der Waals surface area (Å²) in [5, 5.41) is 7.35. The van der Waals surface area contributed by atoms with Crippen molar-refractivity contribution in [1.82, 2.24) is 20.0 Å². The Hall–Kier alpha value is -2.70. The zero-order chi connectivity index (χ0) is 20.1. The van der Waals surface area contributed by atoms with E-state index in [1.54, 1.807) is 11.0 Å². The molecule has 6 nitrogen and oxygen atoms in total. The molecule has 1 aromatic heterocycles. The number of likely N-dealkylation sites (tertiary alicyclic amines) is 1. The minimum absolute atomic E-state index is 0.0233. The van der Waals surface area contributed by atoms with Gasteiger partial charge in [-0.3, -0.25) is 14.3 Å². The summed E-state index contributed by atoms with van der Waals surface area (Å²) in [6.45, 7) is 5.98. The maximum atomic E-state index is 13.3. The lowest BCUT2D eigenvalue weighted by atomic mass is 9.96. The Balaban J connectivity index is 1.48. The average molecular weight is 386 g/mol. The van der Waals surface area contributed by atoms with E-state index in [4.69, 9.17) is 0 Å². The van der Waals surface area contributed by atoms with Crippen molar-refractivity contribution in [2.45, 2.75) is 39.7 Å². The normalized spacial score (nSPS) is 17.0. The van der Waals surface area contributed by atoms with E-state index in [9.17, 15) is 14.0 Å². The van der Waals surface area contributed by atoms with Gasteiger partial charge in [-0.25, -0.2) is 4.39 Å². The third-order valence-corrected chi connectivity index (χ3v) is 5.16. The molecule has 1 N–H and O–H groups in total. The lowest BCUT2D eigenvalue weighted by Gasteiger charge is -2.32. The average Bonchev–Trinajstić information content (AvgIpc) is 2.98. The van der Waals surface area contributed by atoms with Crippen LogP contribution < -0.4 is 5.32 Å². The van der Waals surface area contributed by atoms with Crippen LogP contribution in [-0.2, 0) is 22.6 Å². The summed E-state index contributed by atoms with van der Waals surface area (Å²) in [6, 6.07) is 8.41. The fourth-order valence-electron chi connectivity index (χ4n) is 3.63. The van der Waals surface area contributed by atoms with Crippen molar-refractivity contribution in [2.24, 2.45) is 5.92 Å². The molecular formula is C21H27FN4O2. The largest absolute Gasteiger partial charge is 0.354 e. The van der Waals surface area contributed by atoms with E-state index in [0.717, 1.165) is 17.0 Å². The summed E-state index contributed by atoms with van der Waals surface area (Å²) in [6.07, 6.45) is 1.52. The van der Waals surface area contributed by atoms with Crippen LogP contribution in [0.25, 0.3) is 0 Å². The number of hydrogen-bond acceptors (Lipinski definition) is 3. The summed E-state index contributed by atoms with van der Waals surface area (Å²) in [5.74, 6) is -0.444. The number of aromatic nitrogens is 2. The van der Waals surface area contributed by atoms with Gasteiger partial charge < -0.3 is 10.2 Å². The Morgan fingerprint density at radius 1 is 1.29 bits per heavy atom. The predicted molar refractivity (Wildman–Crippen MR) is 104 cm³/mol. The zero-order valence-electron chi connectivity index (χ0n) is 16.4. The van der Waals surface area contributed by atoms with Gasteiger partial charge in [-0.15, -0.1) is 0 Å². The number of hydrogen-bond donors (Lipinski definition) is 1. The highest BCUT2D eigenvalue weighted by atomic mass is 19.1. The quantitative estimate of drug-likeness (QED) is 0.794. The van der Waals surface area contributed by atoms with Gasteiger partial charge in [-0.2, -0.15) is 5.10 Å². The zero-order valence-corrected chi connectivity index (χ0v) is 16.4. The molecule has 1 saturated heterocycles. The second-order valence-electron chi connectivity index (χ2n) is 7.40. The summed E-state index contributed by atoms with van der Waals surface area (Å²) >= 11 is 0. The van der Waals surface area contributed by atoms with Gasteiger partial charge >= 0.3 is 0 Å². The number of nitrogens with one attached hydrogen (secondary N) is 1. The number of piperidine rings is 1. The number of rotatable bonds is 7. The molecule has 1 atom stereocenters. The number of amides is 2. The molecule has 0 saturated carbocycles. The summed E-state index contributed by atoms with van der Waals surface area (Å²) in [7, 11) is 0. The van der Waals surface area contributed by atoms with Crippen LogP contribution in [-0.4, -0.2) is 46.1 Å². The topological polar surface area (TPSA) is 67.2 Å². The van der Waals surface area contributed by atoms with Gasteiger partial charge in [0.05, 0.1) is 18.2 Å². The highest BCUT2D eigenvalue weighted by Gasteiger charge is 2.29. The van der Waals surface area contributed by atoms with Gasteiger partial charge in [0.2, 0.25) is 11.8 Å². The molecule has 28 heavy (non-hydrogen) atoms. The van der Waals surface area contributed by atoms with Gasteiger partial charge in [0.15, 0.2) is 0 Å². The van der Waals surface area contributed by atoms with Crippen LogP contribution in [0.2, 0.25) is 0 Å². The molecule has 2 heterocycles. The second kappa shape index (κ2) is 8.99.